The van der Waals surface area contributed by atoms with E-state index in [4.69, 9.17) is 11.6 Å². The van der Waals surface area contributed by atoms with Gasteiger partial charge in [-0.25, -0.2) is 4.79 Å². The number of rotatable bonds is 6. The third-order valence-corrected chi connectivity index (χ3v) is 5.26. The van der Waals surface area contributed by atoms with Crippen LogP contribution in [0.3, 0.4) is 0 Å². The predicted octanol–water partition coefficient (Wildman–Crippen LogP) is 4.15. The van der Waals surface area contributed by atoms with E-state index in [1.165, 1.54) is 20.0 Å². The van der Waals surface area contributed by atoms with E-state index in [0.717, 1.165) is 29.9 Å². The zero-order chi connectivity index (χ0) is 20.1. The Morgan fingerprint density at radius 3 is 2.46 bits per heavy atom. The fraction of sp³-hybridized carbons (Fsp3) is 0.364. The number of carbonyl (C=O) groups excluding carboxylic acids is 2. The SMILES string of the molecule is COC(=O)c1ccc(CC(=O)NC(C)c2cc(Cl)ccc2N2CCCC2)cc1. The number of halogens is 1. The Morgan fingerprint density at radius 1 is 1.14 bits per heavy atom. The number of anilines is 1. The van der Waals surface area contributed by atoms with Crippen molar-refractivity contribution in [1.29, 1.82) is 0 Å². The third-order valence-electron chi connectivity index (χ3n) is 5.02. The highest BCUT2D eigenvalue weighted by Crippen LogP contribution is 2.31. The molecule has 0 bridgehead atoms. The highest BCUT2D eigenvalue weighted by atomic mass is 35.5. The number of benzene rings is 2. The van der Waals surface area contributed by atoms with Crippen LogP contribution in [0.4, 0.5) is 5.69 Å². The number of ether oxygens (including phenoxy) is 1. The number of amides is 1. The largest absolute Gasteiger partial charge is 0.465 e. The van der Waals surface area contributed by atoms with E-state index in [9.17, 15) is 9.59 Å². The molecule has 2 aromatic carbocycles. The van der Waals surface area contributed by atoms with E-state index in [1.807, 2.05) is 25.1 Å². The van der Waals surface area contributed by atoms with Gasteiger partial charge in [-0.1, -0.05) is 23.7 Å². The van der Waals surface area contributed by atoms with Crippen molar-refractivity contribution in [1.82, 2.24) is 5.32 Å². The van der Waals surface area contributed by atoms with Gasteiger partial charge in [0.25, 0.3) is 0 Å². The van der Waals surface area contributed by atoms with Crippen LogP contribution in [0.15, 0.2) is 42.5 Å². The molecular formula is C22H25ClN2O3. The minimum atomic E-state index is -0.389. The summed E-state index contributed by atoms with van der Waals surface area (Å²) in [7, 11) is 1.34. The van der Waals surface area contributed by atoms with Crippen LogP contribution < -0.4 is 10.2 Å². The standard InChI is InChI=1S/C22H25ClN2O3/c1-15(19-14-18(23)9-10-20(19)25-11-3-4-12-25)24-21(26)13-16-5-7-17(8-6-16)22(27)28-2/h5-10,14-15H,3-4,11-13H2,1-2H3,(H,24,26). The Balaban J connectivity index is 1.67. The maximum atomic E-state index is 12.5. The van der Waals surface area contributed by atoms with Gasteiger partial charge in [0, 0.05) is 23.8 Å². The van der Waals surface area contributed by atoms with Crippen LogP contribution in [-0.4, -0.2) is 32.1 Å². The summed E-state index contributed by atoms with van der Waals surface area (Å²) in [5.41, 5.74) is 3.47. The Morgan fingerprint density at radius 2 is 1.82 bits per heavy atom. The van der Waals surface area contributed by atoms with Gasteiger partial charge < -0.3 is 15.0 Å². The van der Waals surface area contributed by atoms with Gasteiger partial charge in [0.2, 0.25) is 5.91 Å². The molecule has 1 aliphatic rings. The van der Waals surface area contributed by atoms with Crippen molar-refractivity contribution < 1.29 is 14.3 Å². The van der Waals surface area contributed by atoms with Gasteiger partial charge >= 0.3 is 5.97 Å². The minimum Gasteiger partial charge on any atom is -0.465 e. The van der Waals surface area contributed by atoms with Crippen LogP contribution in [0.5, 0.6) is 0 Å². The van der Waals surface area contributed by atoms with Gasteiger partial charge in [0.15, 0.2) is 0 Å². The molecule has 0 aliphatic carbocycles. The van der Waals surface area contributed by atoms with Crippen molar-refractivity contribution in [3.63, 3.8) is 0 Å². The molecule has 3 rings (SSSR count). The monoisotopic (exact) mass is 400 g/mol. The molecule has 28 heavy (non-hydrogen) atoms. The zero-order valence-corrected chi connectivity index (χ0v) is 17.0. The molecule has 5 nitrogen and oxygen atoms in total. The summed E-state index contributed by atoms with van der Waals surface area (Å²) in [4.78, 5) is 26.4. The molecule has 1 unspecified atom stereocenters. The van der Waals surface area contributed by atoms with Crippen LogP contribution in [0.1, 0.15) is 47.3 Å². The summed E-state index contributed by atoms with van der Waals surface area (Å²) in [6, 6.07) is 12.6. The maximum Gasteiger partial charge on any atom is 0.337 e. The highest BCUT2D eigenvalue weighted by molar-refractivity contribution is 6.30. The normalized spacial score (nSPS) is 14.6. The molecule has 1 atom stereocenters. The smallest absolute Gasteiger partial charge is 0.337 e. The Bertz CT molecular complexity index is 845. The molecule has 1 N–H and O–H groups in total. The molecule has 0 spiro atoms. The van der Waals surface area contributed by atoms with E-state index in [0.29, 0.717) is 10.6 Å². The van der Waals surface area contributed by atoms with Crippen molar-refractivity contribution >= 4 is 29.2 Å². The van der Waals surface area contributed by atoms with Crippen LogP contribution in [0, 0.1) is 0 Å². The van der Waals surface area contributed by atoms with Gasteiger partial charge in [-0.3, -0.25) is 4.79 Å². The van der Waals surface area contributed by atoms with Crippen molar-refractivity contribution in [2.75, 3.05) is 25.1 Å². The van der Waals surface area contributed by atoms with Gasteiger partial charge in [0.05, 0.1) is 25.1 Å². The second kappa shape index (κ2) is 9.11. The lowest BCUT2D eigenvalue weighted by Gasteiger charge is -2.25. The molecule has 2 aromatic rings. The number of hydrogen-bond donors (Lipinski definition) is 1. The number of nitrogens with zero attached hydrogens (tertiary/aromatic N) is 1. The summed E-state index contributed by atoms with van der Waals surface area (Å²) >= 11 is 6.22. The first kappa shape index (κ1) is 20.2. The predicted molar refractivity (Wildman–Crippen MR) is 111 cm³/mol. The number of esters is 1. The van der Waals surface area contributed by atoms with Gasteiger partial charge in [-0.05, 0) is 61.2 Å². The Labute approximate surface area is 170 Å². The van der Waals surface area contributed by atoms with Gasteiger partial charge in [-0.2, -0.15) is 0 Å². The topological polar surface area (TPSA) is 58.6 Å². The lowest BCUT2D eigenvalue weighted by atomic mass is 10.0. The first-order valence-electron chi connectivity index (χ1n) is 9.49. The lowest BCUT2D eigenvalue weighted by molar-refractivity contribution is -0.121. The molecule has 6 heteroatoms. The second-order valence-corrected chi connectivity index (χ2v) is 7.49. The van der Waals surface area contributed by atoms with Crippen LogP contribution in [0.2, 0.25) is 5.02 Å². The fourth-order valence-electron chi connectivity index (χ4n) is 3.55. The number of nitrogens with one attached hydrogen (secondary N) is 1. The van der Waals surface area contributed by atoms with Crippen molar-refractivity contribution in [2.45, 2.75) is 32.2 Å². The van der Waals surface area contributed by atoms with E-state index in [1.54, 1.807) is 24.3 Å². The number of carbonyl (C=O) groups is 2. The summed E-state index contributed by atoms with van der Waals surface area (Å²) in [5, 5.41) is 3.73. The highest BCUT2D eigenvalue weighted by Gasteiger charge is 2.20. The van der Waals surface area contributed by atoms with Crippen molar-refractivity contribution in [3.05, 3.63) is 64.2 Å². The molecular weight excluding hydrogens is 376 g/mol. The Hall–Kier alpha value is -2.53. The van der Waals surface area contributed by atoms with Crippen LogP contribution in [0.25, 0.3) is 0 Å². The first-order chi connectivity index (χ1) is 13.5. The summed E-state index contributed by atoms with van der Waals surface area (Å²) in [6.07, 6.45) is 2.61. The summed E-state index contributed by atoms with van der Waals surface area (Å²) < 4.78 is 4.69. The lowest BCUT2D eigenvalue weighted by Crippen LogP contribution is -2.30. The molecule has 1 saturated heterocycles. The Kier molecular flexibility index (Phi) is 6.57. The maximum absolute atomic E-state index is 12.5. The molecule has 0 radical (unpaired) electrons. The molecule has 1 aliphatic heterocycles. The van der Waals surface area contributed by atoms with Crippen molar-refractivity contribution in [3.8, 4) is 0 Å². The average Bonchev–Trinajstić information content (AvgIpc) is 3.22. The number of hydrogen-bond acceptors (Lipinski definition) is 4. The van der Waals surface area contributed by atoms with Gasteiger partial charge in [-0.15, -0.1) is 0 Å². The van der Waals surface area contributed by atoms with E-state index < -0.39 is 0 Å². The molecule has 0 aromatic heterocycles. The van der Waals surface area contributed by atoms with E-state index >= 15 is 0 Å². The van der Waals surface area contributed by atoms with E-state index in [2.05, 4.69) is 15.0 Å². The van der Waals surface area contributed by atoms with Gasteiger partial charge in [0.1, 0.15) is 0 Å². The number of methoxy groups -OCH3 is 1. The van der Waals surface area contributed by atoms with Crippen molar-refractivity contribution in [2.24, 2.45) is 0 Å². The molecule has 1 amide bonds. The molecule has 1 fully saturated rings. The molecule has 0 saturated carbocycles. The fourth-order valence-corrected chi connectivity index (χ4v) is 3.73. The van der Waals surface area contributed by atoms with Crippen LogP contribution >= 0.6 is 11.6 Å². The molecule has 148 valence electrons. The van der Waals surface area contributed by atoms with Crippen LogP contribution in [-0.2, 0) is 16.0 Å². The third kappa shape index (κ3) is 4.84. The first-order valence-corrected chi connectivity index (χ1v) is 9.86. The minimum absolute atomic E-state index is 0.0781. The quantitative estimate of drug-likeness (QED) is 0.740. The molecule has 1 heterocycles. The zero-order valence-electron chi connectivity index (χ0n) is 16.2. The van der Waals surface area contributed by atoms with E-state index in [-0.39, 0.29) is 24.3 Å². The second-order valence-electron chi connectivity index (χ2n) is 7.05. The average molecular weight is 401 g/mol. The summed E-state index contributed by atoms with van der Waals surface area (Å²) in [5.74, 6) is -0.467. The summed E-state index contributed by atoms with van der Waals surface area (Å²) in [6.45, 7) is 4.03.